The standard InChI is InChI=1S/C21H21N7O/c1-14(3-4-15(9-22)10-23)28-19(29)21(7-2-8-21)17-5-6-18(25-13-17)16-11-26-20(24)27-12-16/h3-6,9,11-13H,1-2,7-8,22H2,(H,28,29)(H2,24,26,27)/b4-3-,15-9+. The van der Waals surface area contributed by atoms with Crippen LogP contribution in [-0.2, 0) is 10.2 Å². The molecule has 1 amide bonds. The first-order valence-electron chi connectivity index (χ1n) is 9.03. The second-order valence-corrected chi connectivity index (χ2v) is 6.74. The Morgan fingerprint density at radius 2 is 1.93 bits per heavy atom. The number of nitrogen functional groups attached to an aromatic ring is 1. The molecule has 8 nitrogen and oxygen atoms in total. The number of rotatable bonds is 6. The summed E-state index contributed by atoms with van der Waals surface area (Å²) in [5, 5.41) is 11.7. The van der Waals surface area contributed by atoms with E-state index >= 15 is 0 Å². The first kappa shape index (κ1) is 19.8. The normalized spacial score (nSPS) is 15.3. The molecule has 0 aromatic carbocycles. The van der Waals surface area contributed by atoms with Gasteiger partial charge in [0.25, 0.3) is 0 Å². The molecule has 29 heavy (non-hydrogen) atoms. The van der Waals surface area contributed by atoms with Gasteiger partial charge in [-0.2, -0.15) is 5.26 Å². The number of nitrogens with two attached hydrogens (primary N) is 2. The summed E-state index contributed by atoms with van der Waals surface area (Å²) < 4.78 is 0. The van der Waals surface area contributed by atoms with Crippen molar-refractivity contribution < 1.29 is 4.79 Å². The summed E-state index contributed by atoms with van der Waals surface area (Å²) in [6.07, 6.45) is 11.6. The van der Waals surface area contributed by atoms with Crippen LogP contribution in [0.1, 0.15) is 24.8 Å². The van der Waals surface area contributed by atoms with E-state index in [0.29, 0.717) is 11.4 Å². The smallest absolute Gasteiger partial charge is 0.235 e. The Kier molecular flexibility index (Phi) is 5.69. The molecule has 2 heterocycles. The number of aromatic nitrogens is 3. The monoisotopic (exact) mass is 387 g/mol. The topological polar surface area (TPSA) is 144 Å². The fourth-order valence-electron chi connectivity index (χ4n) is 3.12. The lowest BCUT2D eigenvalue weighted by Gasteiger charge is -2.40. The van der Waals surface area contributed by atoms with E-state index in [9.17, 15) is 4.79 Å². The molecule has 1 saturated carbocycles. The molecule has 0 bridgehead atoms. The summed E-state index contributed by atoms with van der Waals surface area (Å²) in [5.74, 6) is 0.0626. The van der Waals surface area contributed by atoms with Gasteiger partial charge in [0.15, 0.2) is 0 Å². The van der Waals surface area contributed by atoms with Gasteiger partial charge in [0.1, 0.15) is 6.07 Å². The Morgan fingerprint density at radius 3 is 2.45 bits per heavy atom. The van der Waals surface area contributed by atoms with Crippen molar-refractivity contribution in [3.05, 3.63) is 72.5 Å². The molecule has 1 aliphatic carbocycles. The van der Waals surface area contributed by atoms with E-state index in [-0.39, 0.29) is 17.4 Å². The largest absolute Gasteiger partial charge is 0.404 e. The molecule has 3 rings (SSSR count). The van der Waals surface area contributed by atoms with Gasteiger partial charge < -0.3 is 16.8 Å². The zero-order valence-electron chi connectivity index (χ0n) is 15.8. The molecule has 0 saturated heterocycles. The molecule has 0 unspecified atom stereocenters. The Labute approximate surface area is 168 Å². The third-order valence-corrected chi connectivity index (χ3v) is 4.97. The molecule has 1 fully saturated rings. The molecule has 146 valence electrons. The van der Waals surface area contributed by atoms with Gasteiger partial charge in [0, 0.05) is 36.1 Å². The van der Waals surface area contributed by atoms with Gasteiger partial charge in [0.05, 0.1) is 16.7 Å². The molecular formula is C21H21N7O. The van der Waals surface area contributed by atoms with E-state index in [2.05, 4.69) is 26.8 Å². The van der Waals surface area contributed by atoms with E-state index < -0.39 is 5.41 Å². The lowest BCUT2D eigenvalue weighted by molar-refractivity contribution is -0.129. The molecule has 0 radical (unpaired) electrons. The lowest BCUT2D eigenvalue weighted by Crippen LogP contribution is -2.48. The molecule has 0 atom stereocenters. The van der Waals surface area contributed by atoms with Crippen molar-refractivity contribution in [2.45, 2.75) is 24.7 Å². The molecule has 1 aliphatic rings. The van der Waals surface area contributed by atoms with E-state index in [1.165, 1.54) is 12.3 Å². The summed E-state index contributed by atoms with van der Waals surface area (Å²) in [5.41, 5.74) is 13.2. The van der Waals surface area contributed by atoms with Crippen LogP contribution in [0.25, 0.3) is 11.3 Å². The van der Waals surface area contributed by atoms with Crippen LogP contribution in [0.3, 0.4) is 0 Å². The van der Waals surface area contributed by atoms with Crippen LogP contribution in [0.15, 0.2) is 66.9 Å². The molecule has 2 aromatic rings. The number of nitrogens with zero attached hydrogens (tertiary/aromatic N) is 4. The van der Waals surface area contributed by atoms with Crippen molar-refractivity contribution in [1.29, 1.82) is 5.26 Å². The van der Waals surface area contributed by atoms with Gasteiger partial charge in [-0.25, -0.2) is 9.97 Å². The summed E-state index contributed by atoms with van der Waals surface area (Å²) in [6.45, 7) is 3.83. The quantitative estimate of drug-likeness (QED) is 0.508. The average Bonchev–Trinajstić information content (AvgIpc) is 2.69. The fourth-order valence-corrected chi connectivity index (χ4v) is 3.12. The Hall–Kier alpha value is -3.99. The number of hydrogen-bond acceptors (Lipinski definition) is 7. The van der Waals surface area contributed by atoms with Crippen LogP contribution in [0.4, 0.5) is 5.95 Å². The van der Waals surface area contributed by atoms with Crippen molar-refractivity contribution >= 4 is 11.9 Å². The SMILES string of the molecule is C=C(/C=C\C(C#N)=C/N)NC(=O)C1(c2ccc(-c3cnc(N)nc3)nc2)CCC1. The number of nitriles is 1. The number of allylic oxidation sites excluding steroid dienone is 3. The maximum Gasteiger partial charge on any atom is 0.235 e. The van der Waals surface area contributed by atoms with Gasteiger partial charge in [-0.05, 0) is 36.6 Å². The minimum atomic E-state index is -0.637. The number of amides is 1. The lowest BCUT2D eigenvalue weighted by atomic mass is 9.64. The first-order valence-corrected chi connectivity index (χ1v) is 9.03. The predicted molar refractivity (Wildman–Crippen MR) is 110 cm³/mol. The van der Waals surface area contributed by atoms with Crippen molar-refractivity contribution in [3.8, 4) is 17.3 Å². The minimum absolute atomic E-state index is 0.140. The number of anilines is 1. The van der Waals surface area contributed by atoms with Gasteiger partial charge in [0.2, 0.25) is 11.9 Å². The van der Waals surface area contributed by atoms with Crippen LogP contribution in [0.5, 0.6) is 0 Å². The predicted octanol–water partition coefficient (Wildman–Crippen LogP) is 2.09. The second kappa shape index (κ2) is 8.35. The third-order valence-electron chi connectivity index (χ3n) is 4.97. The highest BCUT2D eigenvalue weighted by Gasteiger charge is 2.45. The zero-order chi connectivity index (χ0) is 20.9. The third kappa shape index (κ3) is 4.14. The number of hydrogen-bond donors (Lipinski definition) is 3. The first-order chi connectivity index (χ1) is 14.0. The van der Waals surface area contributed by atoms with Gasteiger partial charge in [-0.1, -0.05) is 19.1 Å². The van der Waals surface area contributed by atoms with Gasteiger partial charge >= 0.3 is 0 Å². The summed E-state index contributed by atoms with van der Waals surface area (Å²) >= 11 is 0. The molecular weight excluding hydrogens is 366 g/mol. The van der Waals surface area contributed by atoms with Crippen LogP contribution in [0, 0.1) is 11.3 Å². The number of carbonyl (C=O) groups excluding carboxylic acids is 1. The van der Waals surface area contributed by atoms with Gasteiger partial charge in [-0.15, -0.1) is 0 Å². The molecule has 2 aromatic heterocycles. The van der Waals surface area contributed by atoms with Crippen molar-refractivity contribution in [2.75, 3.05) is 5.73 Å². The number of carbonyl (C=O) groups is 1. The van der Waals surface area contributed by atoms with Crippen LogP contribution < -0.4 is 16.8 Å². The van der Waals surface area contributed by atoms with Crippen molar-refractivity contribution in [1.82, 2.24) is 20.3 Å². The molecule has 0 aliphatic heterocycles. The Bertz CT molecular complexity index is 1010. The molecule has 0 spiro atoms. The van der Waals surface area contributed by atoms with Crippen molar-refractivity contribution in [3.63, 3.8) is 0 Å². The molecule has 8 heteroatoms. The maximum absolute atomic E-state index is 13.0. The fraction of sp³-hybridized carbons (Fsp3) is 0.190. The van der Waals surface area contributed by atoms with E-state index in [4.69, 9.17) is 16.7 Å². The van der Waals surface area contributed by atoms with E-state index in [1.807, 2.05) is 18.2 Å². The van der Waals surface area contributed by atoms with Crippen LogP contribution >= 0.6 is 0 Å². The Balaban J connectivity index is 1.75. The van der Waals surface area contributed by atoms with Crippen molar-refractivity contribution in [2.24, 2.45) is 5.73 Å². The Morgan fingerprint density at radius 1 is 1.21 bits per heavy atom. The van der Waals surface area contributed by atoms with Gasteiger partial charge in [-0.3, -0.25) is 9.78 Å². The summed E-state index contributed by atoms with van der Waals surface area (Å²) in [4.78, 5) is 25.4. The number of pyridine rings is 1. The highest BCUT2D eigenvalue weighted by atomic mass is 16.2. The van der Waals surface area contributed by atoms with Crippen LogP contribution in [0.2, 0.25) is 0 Å². The summed E-state index contributed by atoms with van der Waals surface area (Å²) in [7, 11) is 0. The highest BCUT2D eigenvalue weighted by Crippen LogP contribution is 2.44. The minimum Gasteiger partial charge on any atom is -0.404 e. The average molecular weight is 387 g/mol. The summed E-state index contributed by atoms with van der Waals surface area (Å²) in [6, 6.07) is 5.68. The van der Waals surface area contributed by atoms with Crippen LogP contribution in [-0.4, -0.2) is 20.9 Å². The highest BCUT2D eigenvalue weighted by molar-refractivity contribution is 5.90. The van der Waals surface area contributed by atoms with E-state index in [0.717, 1.165) is 30.4 Å². The van der Waals surface area contributed by atoms with E-state index in [1.54, 1.807) is 24.7 Å². The zero-order valence-corrected chi connectivity index (χ0v) is 15.8. The maximum atomic E-state index is 13.0. The number of nitrogens with one attached hydrogen (secondary N) is 1. The second-order valence-electron chi connectivity index (χ2n) is 6.74. The molecule has 5 N–H and O–H groups in total.